The van der Waals surface area contributed by atoms with Gasteiger partial charge in [0.15, 0.2) is 0 Å². The molecule has 10 heteroatoms. The van der Waals surface area contributed by atoms with Crippen molar-refractivity contribution in [3.05, 3.63) is 12.4 Å². The third kappa shape index (κ3) is 4.53. The van der Waals surface area contributed by atoms with E-state index in [4.69, 9.17) is 5.11 Å². The molecule has 0 radical (unpaired) electrons. The lowest BCUT2D eigenvalue weighted by Gasteiger charge is -2.19. The maximum absolute atomic E-state index is 12.2. The molecule has 2 atom stereocenters. The number of aliphatic carboxylic acids is 1. The van der Waals surface area contributed by atoms with Gasteiger partial charge < -0.3 is 9.84 Å². The van der Waals surface area contributed by atoms with Crippen molar-refractivity contribution < 1.29 is 27.9 Å². The molecule has 0 saturated heterocycles. The second-order valence-electron chi connectivity index (χ2n) is 4.77. The zero-order valence-electron chi connectivity index (χ0n) is 12.5. The first-order valence-corrected chi connectivity index (χ1v) is 8.04. The van der Waals surface area contributed by atoms with Crippen molar-refractivity contribution in [2.45, 2.75) is 37.8 Å². The number of carboxylic acid groups (broad SMARTS) is 1. The molecule has 2 N–H and O–H groups in total. The van der Waals surface area contributed by atoms with E-state index in [0.717, 1.165) is 17.1 Å². The van der Waals surface area contributed by atoms with Gasteiger partial charge in [-0.15, -0.1) is 0 Å². The van der Waals surface area contributed by atoms with Crippen LogP contribution in [0.3, 0.4) is 0 Å². The van der Waals surface area contributed by atoms with Gasteiger partial charge in [-0.05, 0) is 5.92 Å². The molecule has 0 aliphatic carbocycles. The summed E-state index contributed by atoms with van der Waals surface area (Å²) in [6.45, 7) is 3.17. The second-order valence-corrected chi connectivity index (χ2v) is 6.49. The Labute approximate surface area is 128 Å². The van der Waals surface area contributed by atoms with Gasteiger partial charge in [0.2, 0.25) is 10.0 Å². The molecule has 0 saturated carbocycles. The summed E-state index contributed by atoms with van der Waals surface area (Å²) in [6, 6.07) is -1.24. The van der Waals surface area contributed by atoms with Crippen LogP contribution in [-0.4, -0.2) is 48.4 Å². The topological polar surface area (TPSA) is 128 Å². The Morgan fingerprint density at radius 1 is 1.50 bits per heavy atom. The van der Waals surface area contributed by atoms with Crippen LogP contribution in [0.25, 0.3) is 0 Å². The lowest BCUT2D eigenvalue weighted by Crippen LogP contribution is -2.44. The van der Waals surface area contributed by atoms with Gasteiger partial charge in [-0.3, -0.25) is 14.3 Å². The summed E-state index contributed by atoms with van der Waals surface area (Å²) in [5.74, 6) is -2.21. The van der Waals surface area contributed by atoms with Gasteiger partial charge in [-0.1, -0.05) is 20.3 Å². The highest BCUT2D eigenvalue weighted by molar-refractivity contribution is 7.89. The van der Waals surface area contributed by atoms with Crippen molar-refractivity contribution in [3.8, 4) is 0 Å². The number of carbonyl (C=O) groups is 2. The van der Waals surface area contributed by atoms with Gasteiger partial charge in [0.25, 0.3) is 0 Å². The number of sulfonamides is 1. The number of esters is 1. The van der Waals surface area contributed by atoms with E-state index in [1.807, 2.05) is 0 Å². The number of aromatic nitrogens is 2. The highest BCUT2D eigenvalue weighted by Gasteiger charge is 2.30. The van der Waals surface area contributed by atoms with Gasteiger partial charge in [-0.2, -0.15) is 9.82 Å². The maximum atomic E-state index is 12.2. The van der Waals surface area contributed by atoms with Crippen LogP contribution in [0.4, 0.5) is 0 Å². The molecule has 0 aliphatic rings. The minimum absolute atomic E-state index is 0.217. The second kappa shape index (κ2) is 7.36. The maximum Gasteiger partial charge on any atom is 0.327 e. The van der Waals surface area contributed by atoms with Gasteiger partial charge in [0.05, 0.1) is 13.3 Å². The van der Waals surface area contributed by atoms with Crippen LogP contribution >= 0.6 is 0 Å². The number of carbonyl (C=O) groups excluding carboxylic acids is 1. The van der Waals surface area contributed by atoms with E-state index in [1.165, 1.54) is 7.11 Å². The lowest BCUT2D eigenvalue weighted by atomic mass is 10.0. The first kappa shape index (κ1) is 18.1. The van der Waals surface area contributed by atoms with Gasteiger partial charge in [0, 0.05) is 6.20 Å². The average molecular weight is 333 g/mol. The van der Waals surface area contributed by atoms with Crippen molar-refractivity contribution in [2.75, 3.05) is 7.11 Å². The van der Waals surface area contributed by atoms with Crippen LogP contribution in [0.15, 0.2) is 17.3 Å². The van der Waals surface area contributed by atoms with E-state index in [1.54, 1.807) is 13.8 Å². The van der Waals surface area contributed by atoms with Crippen molar-refractivity contribution >= 4 is 22.0 Å². The number of methoxy groups -OCH3 is 1. The Bertz CT molecular complexity index is 639. The molecule has 9 nitrogen and oxygen atoms in total. The van der Waals surface area contributed by atoms with E-state index in [0.29, 0.717) is 6.42 Å². The molecule has 0 fully saturated rings. The molecule has 22 heavy (non-hydrogen) atoms. The number of ether oxygens (including phenoxy) is 1. The summed E-state index contributed by atoms with van der Waals surface area (Å²) in [7, 11) is -2.84. The number of carboxylic acids is 1. The van der Waals surface area contributed by atoms with E-state index in [-0.39, 0.29) is 17.4 Å². The largest absolute Gasteiger partial charge is 0.480 e. The summed E-state index contributed by atoms with van der Waals surface area (Å²) >= 11 is 0. The fourth-order valence-electron chi connectivity index (χ4n) is 1.65. The summed E-state index contributed by atoms with van der Waals surface area (Å²) < 4.78 is 32.1. The lowest BCUT2D eigenvalue weighted by molar-refractivity contribution is -0.142. The van der Waals surface area contributed by atoms with Crippen LogP contribution in [0, 0.1) is 5.92 Å². The average Bonchev–Trinajstić information content (AvgIpc) is 2.92. The molecular formula is C12H19N3O6S. The number of hydrogen-bond donors (Lipinski definition) is 2. The van der Waals surface area contributed by atoms with Crippen LogP contribution in [0.1, 0.15) is 20.3 Å². The van der Waals surface area contributed by atoms with E-state index in [2.05, 4.69) is 14.6 Å². The fourth-order valence-corrected chi connectivity index (χ4v) is 2.90. The molecule has 1 aromatic heterocycles. The number of rotatable bonds is 8. The Morgan fingerprint density at radius 2 is 2.14 bits per heavy atom. The minimum Gasteiger partial charge on any atom is -0.480 e. The highest BCUT2D eigenvalue weighted by Crippen LogP contribution is 2.13. The molecule has 0 aromatic carbocycles. The molecular weight excluding hydrogens is 314 g/mol. The third-order valence-corrected chi connectivity index (χ3v) is 4.60. The Balaban J connectivity index is 2.94. The Hall–Kier alpha value is -1.94. The Kier molecular flexibility index (Phi) is 6.06. The summed E-state index contributed by atoms with van der Waals surface area (Å²) in [5.41, 5.74) is 0. The monoisotopic (exact) mass is 333 g/mol. The first-order chi connectivity index (χ1) is 10.2. The predicted molar refractivity (Wildman–Crippen MR) is 75.4 cm³/mol. The van der Waals surface area contributed by atoms with Gasteiger partial charge >= 0.3 is 11.9 Å². The zero-order valence-corrected chi connectivity index (χ0v) is 13.3. The van der Waals surface area contributed by atoms with E-state index >= 15 is 0 Å². The Morgan fingerprint density at radius 3 is 2.64 bits per heavy atom. The standard InChI is InChI=1S/C12H19N3O6S/c1-4-8(2)11(12(17)18)14-22(19,20)9-5-13-15(6-9)7-10(16)21-3/h5-6,8,11,14H,4,7H2,1-3H3,(H,17,18)/t8-,11-/m0/s1. The number of nitrogens with one attached hydrogen (secondary N) is 1. The third-order valence-electron chi connectivity index (χ3n) is 3.20. The van der Waals surface area contributed by atoms with Crippen LogP contribution < -0.4 is 4.72 Å². The fraction of sp³-hybridized carbons (Fsp3) is 0.583. The summed E-state index contributed by atoms with van der Waals surface area (Å²) in [5, 5.41) is 12.9. The SMILES string of the molecule is CC[C@H](C)[C@H](NS(=O)(=O)c1cnn(CC(=O)OC)c1)C(=O)O. The summed E-state index contributed by atoms with van der Waals surface area (Å²) in [4.78, 5) is 22.1. The normalized spacial score (nSPS) is 14.3. The molecule has 0 amide bonds. The molecule has 1 rings (SSSR count). The predicted octanol–water partition coefficient (Wildman–Crippen LogP) is -0.166. The number of nitrogens with zero attached hydrogens (tertiary/aromatic N) is 2. The van der Waals surface area contributed by atoms with Gasteiger partial charge in [-0.25, -0.2) is 8.42 Å². The molecule has 1 heterocycles. The molecule has 1 aromatic rings. The van der Waals surface area contributed by atoms with Crippen LogP contribution in [0.5, 0.6) is 0 Å². The molecule has 0 unspecified atom stereocenters. The van der Waals surface area contributed by atoms with Crippen molar-refractivity contribution in [1.82, 2.24) is 14.5 Å². The van der Waals surface area contributed by atoms with E-state index < -0.39 is 28.0 Å². The van der Waals surface area contributed by atoms with E-state index in [9.17, 15) is 18.0 Å². The van der Waals surface area contributed by atoms with Crippen molar-refractivity contribution in [3.63, 3.8) is 0 Å². The molecule has 124 valence electrons. The van der Waals surface area contributed by atoms with Gasteiger partial charge in [0.1, 0.15) is 17.5 Å². The zero-order chi connectivity index (χ0) is 16.9. The van der Waals surface area contributed by atoms with Crippen molar-refractivity contribution in [1.29, 1.82) is 0 Å². The summed E-state index contributed by atoms with van der Waals surface area (Å²) in [6.07, 6.45) is 2.68. The molecule has 0 bridgehead atoms. The van der Waals surface area contributed by atoms with Crippen LogP contribution in [0.2, 0.25) is 0 Å². The van der Waals surface area contributed by atoms with Crippen molar-refractivity contribution in [2.24, 2.45) is 5.92 Å². The minimum atomic E-state index is -4.05. The first-order valence-electron chi connectivity index (χ1n) is 6.55. The quantitative estimate of drug-likeness (QED) is 0.632. The molecule has 0 aliphatic heterocycles. The highest BCUT2D eigenvalue weighted by atomic mass is 32.2. The smallest absolute Gasteiger partial charge is 0.327 e. The van der Waals surface area contributed by atoms with Crippen LogP contribution in [-0.2, 0) is 30.9 Å². The molecule has 0 spiro atoms. The number of hydrogen-bond acceptors (Lipinski definition) is 6.